The molecule has 17 heavy (non-hydrogen) atoms. The van der Waals surface area contributed by atoms with Crippen LogP contribution in [0.1, 0.15) is 11.3 Å². The topological polar surface area (TPSA) is 59.3 Å². The average molecular weight is 274 g/mol. The molecule has 1 aromatic rings. The smallest absolute Gasteiger partial charge is 0.253 e. The lowest BCUT2D eigenvalue weighted by atomic mass is 10.0. The Morgan fingerprint density at radius 1 is 1.82 bits per heavy atom. The lowest BCUT2D eigenvalue weighted by Crippen LogP contribution is -2.14. The van der Waals surface area contributed by atoms with Gasteiger partial charge in [0, 0.05) is 30.6 Å². The Kier molecular flexibility index (Phi) is 3.63. The minimum absolute atomic E-state index is 0.196. The molecule has 1 fully saturated rings. The highest BCUT2D eigenvalue weighted by Gasteiger charge is 2.28. The maximum absolute atomic E-state index is 10.6. The zero-order valence-corrected chi connectivity index (χ0v) is 10.9. The van der Waals surface area contributed by atoms with E-state index in [2.05, 4.69) is 4.98 Å². The van der Waals surface area contributed by atoms with E-state index in [0.29, 0.717) is 4.47 Å². The van der Waals surface area contributed by atoms with Crippen LogP contribution in [0.2, 0.25) is 4.47 Å². The summed E-state index contributed by atoms with van der Waals surface area (Å²) in [7, 11) is 1.88. The molecular formula is C10H12ClN3O2S. The summed E-state index contributed by atoms with van der Waals surface area (Å²) in [6.07, 6.45) is 4.56. The quantitative estimate of drug-likeness (QED) is 0.627. The van der Waals surface area contributed by atoms with Crippen LogP contribution in [0.3, 0.4) is 0 Å². The first-order chi connectivity index (χ1) is 8.06. The van der Waals surface area contributed by atoms with Crippen molar-refractivity contribution in [3.8, 4) is 0 Å². The van der Waals surface area contributed by atoms with Crippen molar-refractivity contribution in [2.24, 2.45) is 5.92 Å². The van der Waals surface area contributed by atoms with E-state index in [1.165, 1.54) is 11.3 Å². The molecule has 2 heterocycles. The summed E-state index contributed by atoms with van der Waals surface area (Å²) in [5, 5.41) is 10.6. The zero-order valence-electron chi connectivity index (χ0n) is 9.30. The summed E-state index contributed by atoms with van der Waals surface area (Å²) in [5.41, 5.74) is 0.791. The molecule has 2 rings (SSSR count). The third kappa shape index (κ3) is 2.95. The van der Waals surface area contributed by atoms with E-state index in [-0.39, 0.29) is 10.8 Å². The molecule has 1 aromatic heterocycles. The Balaban J connectivity index is 2.12. The summed E-state index contributed by atoms with van der Waals surface area (Å²) in [6.45, 7) is 0.858. The second-order valence-electron chi connectivity index (χ2n) is 4.03. The van der Waals surface area contributed by atoms with Gasteiger partial charge in [0.05, 0.1) is 10.6 Å². The predicted molar refractivity (Wildman–Crippen MR) is 66.6 cm³/mol. The Morgan fingerprint density at radius 2 is 2.59 bits per heavy atom. The number of rotatable bonds is 3. The summed E-state index contributed by atoms with van der Waals surface area (Å²) >= 11 is 7.20. The minimum Gasteiger partial charge on any atom is -0.373 e. The van der Waals surface area contributed by atoms with E-state index in [1.807, 2.05) is 11.9 Å². The fourth-order valence-corrected chi connectivity index (χ4v) is 3.14. The summed E-state index contributed by atoms with van der Waals surface area (Å²) in [4.78, 5) is 17.2. The molecule has 1 aliphatic rings. The van der Waals surface area contributed by atoms with Gasteiger partial charge < -0.3 is 4.90 Å². The van der Waals surface area contributed by atoms with E-state index in [4.69, 9.17) is 11.6 Å². The van der Waals surface area contributed by atoms with Crippen LogP contribution in [0.15, 0.2) is 18.1 Å². The molecule has 7 heteroatoms. The van der Waals surface area contributed by atoms with Crippen molar-refractivity contribution in [3.05, 3.63) is 37.6 Å². The monoisotopic (exact) mass is 273 g/mol. The number of allylic oxidation sites excluding steroid dienone is 1. The van der Waals surface area contributed by atoms with E-state index in [9.17, 15) is 10.1 Å². The van der Waals surface area contributed by atoms with Crippen LogP contribution in [-0.4, -0.2) is 28.4 Å². The number of likely N-dealkylation sites (tertiary alicyclic amines) is 1. The minimum atomic E-state index is -0.385. The zero-order chi connectivity index (χ0) is 12.4. The molecule has 5 nitrogen and oxygen atoms in total. The number of thiazole rings is 1. The predicted octanol–water partition coefficient (Wildman–Crippen LogP) is 2.41. The number of nitrogens with zero attached hydrogens (tertiary/aromatic N) is 3. The molecule has 1 unspecified atom stereocenters. The molecule has 0 amide bonds. The molecule has 0 radical (unpaired) electrons. The molecule has 0 saturated carbocycles. The highest BCUT2D eigenvalue weighted by atomic mass is 35.5. The first-order valence-electron chi connectivity index (χ1n) is 5.23. The van der Waals surface area contributed by atoms with Crippen molar-refractivity contribution in [1.82, 2.24) is 9.88 Å². The number of aromatic nitrogens is 1. The van der Waals surface area contributed by atoms with E-state index >= 15 is 0 Å². The van der Waals surface area contributed by atoms with Gasteiger partial charge in [0.1, 0.15) is 0 Å². The summed E-state index contributed by atoms with van der Waals surface area (Å²) in [5.74, 6) is 0.196. The lowest BCUT2D eigenvalue weighted by molar-refractivity contribution is -0.404. The molecule has 92 valence electrons. The van der Waals surface area contributed by atoms with Gasteiger partial charge in [0.25, 0.3) is 6.20 Å². The lowest BCUT2D eigenvalue weighted by Gasteiger charge is -2.13. The number of halogens is 1. The van der Waals surface area contributed by atoms with Crippen LogP contribution in [-0.2, 0) is 6.42 Å². The normalized spacial score (nSPS) is 22.4. The molecule has 0 N–H and O–H groups in total. The molecular weight excluding hydrogens is 262 g/mol. The van der Waals surface area contributed by atoms with Gasteiger partial charge in [0.2, 0.25) is 0 Å². The SMILES string of the molecule is CN1CCC(Cc2cnc(Cl)s2)C1=C[N+](=O)[O-]. The highest BCUT2D eigenvalue weighted by Crippen LogP contribution is 2.31. The van der Waals surface area contributed by atoms with E-state index in [1.54, 1.807) is 6.20 Å². The van der Waals surface area contributed by atoms with Gasteiger partial charge >= 0.3 is 0 Å². The van der Waals surface area contributed by atoms with Crippen LogP contribution in [0.4, 0.5) is 0 Å². The third-order valence-electron chi connectivity index (χ3n) is 2.88. The third-order valence-corrected chi connectivity index (χ3v) is 4.02. The van der Waals surface area contributed by atoms with Crippen LogP contribution in [0.5, 0.6) is 0 Å². The maximum Gasteiger partial charge on any atom is 0.253 e. The highest BCUT2D eigenvalue weighted by molar-refractivity contribution is 7.15. The van der Waals surface area contributed by atoms with Gasteiger partial charge in [-0.25, -0.2) is 4.98 Å². The van der Waals surface area contributed by atoms with Crippen LogP contribution < -0.4 is 0 Å². The van der Waals surface area contributed by atoms with Crippen molar-refractivity contribution >= 4 is 22.9 Å². The van der Waals surface area contributed by atoms with Gasteiger partial charge in [0.15, 0.2) is 4.47 Å². The molecule has 0 spiro atoms. The van der Waals surface area contributed by atoms with Crippen LogP contribution in [0, 0.1) is 16.0 Å². The maximum atomic E-state index is 10.6. The Labute approximate surface area is 108 Å². The first-order valence-corrected chi connectivity index (χ1v) is 6.42. The fraction of sp³-hybridized carbons (Fsp3) is 0.500. The standard InChI is InChI=1S/C10H12ClN3O2S/c1-13-3-2-7(9(13)6-14(15)16)4-8-5-12-10(11)17-8/h5-7H,2-4H2,1H3. The molecule has 0 aromatic carbocycles. The Morgan fingerprint density at radius 3 is 3.18 bits per heavy atom. The number of hydrogen-bond donors (Lipinski definition) is 0. The average Bonchev–Trinajstić information content (AvgIpc) is 2.78. The largest absolute Gasteiger partial charge is 0.373 e. The van der Waals surface area contributed by atoms with Gasteiger partial charge in [-0.05, 0) is 12.8 Å². The second-order valence-corrected chi connectivity index (χ2v) is 5.73. The van der Waals surface area contributed by atoms with Crippen LogP contribution in [0.25, 0.3) is 0 Å². The van der Waals surface area contributed by atoms with Crippen molar-refractivity contribution in [1.29, 1.82) is 0 Å². The summed E-state index contributed by atoms with van der Waals surface area (Å²) < 4.78 is 0.520. The van der Waals surface area contributed by atoms with Crippen molar-refractivity contribution < 1.29 is 4.92 Å². The molecule has 0 aliphatic carbocycles. The van der Waals surface area contributed by atoms with Crippen molar-refractivity contribution in [2.45, 2.75) is 12.8 Å². The van der Waals surface area contributed by atoms with Gasteiger partial charge in [-0.15, -0.1) is 11.3 Å². The van der Waals surface area contributed by atoms with E-state index in [0.717, 1.165) is 36.2 Å². The second kappa shape index (κ2) is 5.01. The van der Waals surface area contributed by atoms with Crippen LogP contribution >= 0.6 is 22.9 Å². The fourth-order valence-electron chi connectivity index (χ4n) is 2.08. The molecule has 1 saturated heterocycles. The Hall–Kier alpha value is -1.14. The van der Waals surface area contributed by atoms with Crippen molar-refractivity contribution in [3.63, 3.8) is 0 Å². The van der Waals surface area contributed by atoms with Gasteiger partial charge in [-0.2, -0.15) is 0 Å². The summed E-state index contributed by atoms with van der Waals surface area (Å²) in [6, 6.07) is 0. The number of hydrogen-bond acceptors (Lipinski definition) is 5. The van der Waals surface area contributed by atoms with Gasteiger partial charge in [-0.1, -0.05) is 11.6 Å². The molecule has 0 bridgehead atoms. The van der Waals surface area contributed by atoms with Crippen molar-refractivity contribution in [2.75, 3.05) is 13.6 Å². The van der Waals surface area contributed by atoms with Gasteiger partial charge in [-0.3, -0.25) is 10.1 Å². The van der Waals surface area contributed by atoms with E-state index < -0.39 is 0 Å². The Bertz CT molecular complexity index is 460. The first kappa shape index (κ1) is 12.3. The molecule has 1 aliphatic heterocycles. The molecule has 1 atom stereocenters. The number of nitro groups is 1.